The normalized spacial score (nSPS) is 12.6. The van der Waals surface area contributed by atoms with E-state index >= 15 is 0 Å². The van der Waals surface area contributed by atoms with Gasteiger partial charge in [0, 0.05) is 73.2 Å². The number of nitrogens with zero attached hydrogens (tertiary/aromatic N) is 2. The van der Waals surface area contributed by atoms with E-state index in [-0.39, 0.29) is 48.9 Å². The van der Waals surface area contributed by atoms with Gasteiger partial charge in [-0.05, 0) is 83.7 Å². The average Bonchev–Trinajstić information content (AvgIpc) is 3.34. The minimum atomic E-state index is 0. The van der Waals surface area contributed by atoms with Gasteiger partial charge in [0.1, 0.15) is 0 Å². The van der Waals surface area contributed by atoms with Gasteiger partial charge in [0.2, 0.25) is 0 Å². The third-order valence-corrected chi connectivity index (χ3v) is 10.6. The van der Waals surface area contributed by atoms with Gasteiger partial charge in [0.15, 0.2) is 5.78 Å². The summed E-state index contributed by atoms with van der Waals surface area (Å²) in [4.78, 5) is 16.7. The molecule has 50 heavy (non-hydrogen) atoms. The molecule has 0 unspecified atom stereocenters. The summed E-state index contributed by atoms with van der Waals surface area (Å²) in [5.41, 5.74) is 5.31. The first-order chi connectivity index (χ1) is 23.4. The smallest absolute Gasteiger partial charge is 0.162 e. The Balaban J connectivity index is 0.000000261. The molecular formula is C45H51IrN2O2-. The molecule has 0 saturated carbocycles. The number of hydrogen-bond donors (Lipinski definition) is 1. The van der Waals surface area contributed by atoms with Gasteiger partial charge in [0.05, 0.1) is 11.3 Å². The number of benzene rings is 5. The maximum absolute atomic E-state index is 11.7. The van der Waals surface area contributed by atoms with E-state index in [1.54, 1.807) is 0 Å². The van der Waals surface area contributed by atoms with Crippen molar-refractivity contribution >= 4 is 70.7 Å². The van der Waals surface area contributed by atoms with Gasteiger partial charge in [-0.15, -0.1) is 23.6 Å². The van der Waals surface area contributed by atoms with E-state index in [1.165, 1.54) is 65.9 Å². The molecule has 7 aromatic rings. The Morgan fingerprint density at radius 2 is 1.54 bits per heavy atom. The summed E-state index contributed by atoms with van der Waals surface area (Å²) >= 11 is 0. The molecule has 4 nitrogen and oxygen atoms in total. The van der Waals surface area contributed by atoms with Crippen LogP contribution in [-0.2, 0) is 38.4 Å². The second-order valence-electron chi connectivity index (χ2n) is 15.1. The molecule has 0 amide bonds. The molecule has 5 heteroatoms. The van der Waals surface area contributed by atoms with Crippen molar-refractivity contribution in [2.24, 2.45) is 24.3 Å². The van der Waals surface area contributed by atoms with Crippen molar-refractivity contribution in [2.45, 2.75) is 87.5 Å². The Bertz CT molecular complexity index is 2350. The van der Waals surface area contributed by atoms with Crippen molar-refractivity contribution in [2.75, 3.05) is 0 Å². The molecule has 0 aliphatic heterocycles. The predicted octanol–water partition coefficient (Wildman–Crippen LogP) is 12.3. The molecule has 0 fully saturated rings. The monoisotopic (exact) mass is 844 g/mol. The molecule has 7 rings (SSSR count). The van der Waals surface area contributed by atoms with Gasteiger partial charge < -0.3 is 9.67 Å². The van der Waals surface area contributed by atoms with Crippen LogP contribution in [0.5, 0.6) is 0 Å². The zero-order chi connectivity index (χ0) is 35.2. The third kappa shape index (κ3) is 6.67. The second-order valence-corrected chi connectivity index (χ2v) is 15.1. The van der Waals surface area contributed by atoms with Crippen LogP contribution in [0.1, 0.15) is 85.4 Å². The molecule has 263 valence electrons. The van der Waals surface area contributed by atoms with Crippen LogP contribution >= 0.6 is 0 Å². The summed E-state index contributed by atoms with van der Waals surface area (Å²) in [5, 5.41) is 22.4. The van der Waals surface area contributed by atoms with Crippen molar-refractivity contribution in [1.29, 1.82) is 0 Å². The largest absolute Gasteiger partial charge is 0.512 e. The van der Waals surface area contributed by atoms with Crippen molar-refractivity contribution < 1.29 is 30.0 Å². The van der Waals surface area contributed by atoms with E-state index < -0.39 is 0 Å². The zero-order valence-corrected chi connectivity index (χ0v) is 33.5. The number of carbonyl (C=O) groups excluding carboxylic acids is 1. The number of hydrogen-bond acceptors (Lipinski definition) is 3. The molecule has 2 aromatic heterocycles. The quantitative estimate of drug-likeness (QED) is 0.0545. The van der Waals surface area contributed by atoms with Crippen molar-refractivity contribution in [3.05, 3.63) is 90.0 Å². The number of rotatable bonds is 8. The predicted molar refractivity (Wildman–Crippen MR) is 210 cm³/mol. The van der Waals surface area contributed by atoms with Crippen LogP contribution in [0.25, 0.3) is 64.9 Å². The van der Waals surface area contributed by atoms with Crippen molar-refractivity contribution in [1.82, 2.24) is 9.55 Å². The topological polar surface area (TPSA) is 55.1 Å². The number of aryl methyl sites for hydroxylation is 2. The molecule has 0 aliphatic rings. The van der Waals surface area contributed by atoms with Crippen molar-refractivity contribution in [3.8, 4) is 0 Å². The average molecular weight is 844 g/mol. The molecule has 0 aliphatic carbocycles. The Kier molecular flexibility index (Phi) is 11.1. The fraction of sp³-hybridized carbons (Fsp3) is 0.378. The number of aliphatic hydroxyl groups excluding tert-OH is 1. The number of pyridine rings is 1. The molecule has 5 aromatic carbocycles. The maximum atomic E-state index is 11.7. The van der Waals surface area contributed by atoms with E-state index in [4.69, 9.17) is 4.98 Å². The number of carbonyl (C=O) groups is 1. The summed E-state index contributed by atoms with van der Waals surface area (Å²) in [7, 11) is 2.22. The number of aromatic nitrogens is 2. The second kappa shape index (κ2) is 14.8. The van der Waals surface area contributed by atoms with Gasteiger partial charge in [-0.1, -0.05) is 95.0 Å². The molecule has 1 radical (unpaired) electrons. The SMILES string of the molecule is CCC(CC)C(=O)/C=C(\O)C(CC)CC.Cc1c2c3cc4ccccc4[c-]c3c3nccc4c5ccc(CC(C)(C)C)cc5c(c2c43)n1C.[Ir]. The van der Waals surface area contributed by atoms with Crippen LogP contribution in [-0.4, -0.2) is 20.4 Å². The molecule has 0 saturated heterocycles. The van der Waals surface area contributed by atoms with Gasteiger partial charge in [-0.25, -0.2) is 0 Å². The fourth-order valence-corrected chi connectivity index (χ4v) is 7.89. The Labute approximate surface area is 310 Å². The Morgan fingerprint density at radius 1 is 0.860 bits per heavy atom. The van der Waals surface area contributed by atoms with E-state index in [1.807, 2.05) is 33.9 Å². The Morgan fingerprint density at radius 3 is 2.20 bits per heavy atom. The summed E-state index contributed by atoms with van der Waals surface area (Å²) < 4.78 is 2.40. The summed E-state index contributed by atoms with van der Waals surface area (Å²) in [6, 6.07) is 23.9. The van der Waals surface area contributed by atoms with Crippen LogP contribution in [0.3, 0.4) is 0 Å². The molecule has 0 spiro atoms. The molecule has 1 N–H and O–H groups in total. The first-order valence-electron chi connectivity index (χ1n) is 18.1. The van der Waals surface area contributed by atoms with Crippen LogP contribution < -0.4 is 0 Å². The first kappa shape index (κ1) is 37.5. The maximum Gasteiger partial charge on any atom is 0.162 e. The van der Waals surface area contributed by atoms with E-state index in [2.05, 4.69) is 100.0 Å². The minimum Gasteiger partial charge on any atom is -0.512 e. The third-order valence-electron chi connectivity index (χ3n) is 10.6. The summed E-state index contributed by atoms with van der Waals surface area (Å²) in [5.74, 6) is 0.547. The molecule has 0 bridgehead atoms. The summed E-state index contributed by atoms with van der Waals surface area (Å²) in [6.45, 7) is 17.3. The Hall–Kier alpha value is -3.79. The standard InChI is InChI=1S/C32H27N2.C13H24O2.Ir/c1-18-27-24-15-20-8-6-7-9-21(20)16-25(24)30-28-23(12-13-33-30)22-11-10-19(17-32(2,3)4)14-26(22)31(29(27)28)34(18)5;1-5-10(6-2)12(14)9-13(15)11(7-3)8-4;/h6-15H,17H2,1-5H3;9-11,14H,5-8H2,1-4H3;/q-1;;/b;12-9-;. The molecule has 2 heterocycles. The minimum absolute atomic E-state index is 0. The number of fused-ring (bicyclic) bond motifs is 7. The van der Waals surface area contributed by atoms with Gasteiger partial charge in [-0.3, -0.25) is 9.78 Å². The van der Waals surface area contributed by atoms with Crippen LogP contribution in [0.4, 0.5) is 0 Å². The van der Waals surface area contributed by atoms with Crippen LogP contribution in [0, 0.1) is 30.2 Å². The van der Waals surface area contributed by atoms with Gasteiger partial charge >= 0.3 is 0 Å². The van der Waals surface area contributed by atoms with Gasteiger partial charge in [0.25, 0.3) is 0 Å². The van der Waals surface area contributed by atoms with Crippen LogP contribution in [0.15, 0.2) is 72.6 Å². The number of ketones is 1. The zero-order valence-electron chi connectivity index (χ0n) is 31.1. The van der Waals surface area contributed by atoms with E-state index in [0.717, 1.165) is 48.4 Å². The summed E-state index contributed by atoms with van der Waals surface area (Å²) in [6.07, 6.45) is 7.94. The first-order valence-corrected chi connectivity index (χ1v) is 18.1. The van der Waals surface area contributed by atoms with Crippen LogP contribution in [0.2, 0.25) is 0 Å². The van der Waals surface area contributed by atoms with E-state index in [9.17, 15) is 9.90 Å². The van der Waals surface area contributed by atoms with Crippen molar-refractivity contribution in [3.63, 3.8) is 0 Å². The number of allylic oxidation sites excluding steroid dienone is 2. The molecular weight excluding hydrogens is 793 g/mol. The van der Waals surface area contributed by atoms with Gasteiger partial charge in [-0.2, -0.15) is 0 Å². The fourth-order valence-electron chi connectivity index (χ4n) is 7.89. The van der Waals surface area contributed by atoms with E-state index in [0.29, 0.717) is 0 Å². The molecule has 0 atom stereocenters. The number of aliphatic hydroxyl groups is 1.